The second-order valence-electron chi connectivity index (χ2n) is 2.52. The lowest BCUT2D eigenvalue weighted by molar-refractivity contribution is -0.231. The molecule has 0 saturated carbocycles. The van der Waals surface area contributed by atoms with E-state index in [-0.39, 0.29) is 30.4 Å². The molecule has 1 rings (SSSR count). The summed E-state index contributed by atoms with van der Waals surface area (Å²) >= 11 is 0. The van der Waals surface area contributed by atoms with Crippen molar-refractivity contribution >= 4 is 35.9 Å². The van der Waals surface area contributed by atoms with E-state index in [9.17, 15) is 9.59 Å². The van der Waals surface area contributed by atoms with Gasteiger partial charge in [-0.1, -0.05) is 13.8 Å². The van der Waals surface area contributed by atoms with E-state index in [4.69, 9.17) is 0 Å². The maximum atomic E-state index is 10.6. The summed E-state index contributed by atoms with van der Waals surface area (Å²) in [6.45, 7) is 7.03. The molecule has 1 aliphatic rings. The predicted molar refractivity (Wildman–Crippen MR) is 57.6 cm³/mol. The summed E-state index contributed by atoms with van der Waals surface area (Å²) in [4.78, 5) is 21.1. The second-order valence-corrected chi connectivity index (χ2v) is 2.52. The minimum atomic E-state index is -1.08. The molecule has 0 aromatic heterocycles. The van der Waals surface area contributed by atoms with E-state index in [0.717, 1.165) is 0 Å². The molecule has 0 spiro atoms. The number of halogens is 1. The molecule has 0 atom stereocenters. The molecule has 1 heterocycles. The molecule has 13 heavy (non-hydrogen) atoms. The standard InChI is InChI=1S/C6H8O4.C2H6.HI/c1-6(2)9-4(7)3-5(8)10-6;1-2;/h3H2,1-2H3;1-2H3;1H. The summed E-state index contributed by atoms with van der Waals surface area (Å²) in [6.07, 6.45) is -0.274. The van der Waals surface area contributed by atoms with E-state index in [1.165, 1.54) is 13.8 Å². The van der Waals surface area contributed by atoms with Gasteiger partial charge in [0.25, 0.3) is 5.79 Å². The smallest absolute Gasteiger partial charge is 0.320 e. The molecule has 4 nitrogen and oxygen atoms in total. The van der Waals surface area contributed by atoms with Gasteiger partial charge in [0.2, 0.25) is 0 Å². The third kappa shape index (κ3) is 5.84. The maximum Gasteiger partial charge on any atom is 0.320 e. The average Bonchev–Trinajstić information content (AvgIpc) is 1.85. The lowest BCUT2D eigenvalue weighted by Gasteiger charge is -2.28. The molecular formula is C8H15IO4. The second kappa shape index (κ2) is 6.17. The molecule has 1 aliphatic heterocycles. The Hall–Kier alpha value is -0.330. The van der Waals surface area contributed by atoms with Crippen LogP contribution in [0.4, 0.5) is 0 Å². The minimum absolute atomic E-state index is 0. The molecule has 78 valence electrons. The normalized spacial score (nSPS) is 18.5. The maximum absolute atomic E-state index is 10.6. The number of carbonyl (C=O) groups is 2. The molecule has 0 aromatic carbocycles. The summed E-state index contributed by atoms with van der Waals surface area (Å²) in [5.41, 5.74) is 0. The monoisotopic (exact) mass is 302 g/mol. The molecule has 0 aliphatic carbocycles. The Morgan fingerprint density at radius 2 is 1.38 bits per heavy atom. The first-order valence-electron chi connectivity index (χ1n) is 3.93. The zero-order valence-corrected chi connectivity index (χ0v) is 10.6. The Morgan fingerprint density at radius 3 is 1.62 bits per heavy atom. The SMILES string of the molecule is CC.CC1(C)OC(=O)CC(=O)O1.I. The van der Waals surface area contributed by atoms with Crippen LogP contribution in [0.5, 0.6) is 0 Å². The van der Waals surface area contributed by atoms with E-state index < -0.39 is 17.7 Å². The van der Waals surface area contributed by atoms with Gasteiger partial charge in [0.05, 0.1) is 0 Å². The highest BCUT2D eigenvalue weighted by Gasteiger charge is 2.34. The Labute approximate surface area is 95.0 Å². The van der Waals surface area contributed by atoms with Gasteiger partial charge in [-0.2, -0.15) is 0 Å². The largest absolute Gasteiger partial charge is 0.423 e. The van der Waals surface area contributed by atoms with E-state index >= 15 is 0 Å². The van der Waals surface area contributed by atoms with E-state index in [0.29, 0.717) is 0 Å². The quantitative estimate of drug-likeness (QED) is 0.389. The molecular weight excluding hydrogens is 287 g/mol. The average molecular weight is 302 g/mol. The fraction of sp³-hybridized carbons (Fsp3) is 0.750. The molecule has 0 aromatic rings. The molecule has 0 radical (unpaired) electrons. The van der Waals surface area contributed by atoms with Gasteiger partial charge in [-0.3, -0.25) is 9.59 Å². The fourth-order valence-corrected chi connectivity index (χ4v) is 0.759. The molecule has 0 amide bonds. The van der Waals surface area contributed by atoms with Crippen molar-refractivity contribution < 1.29 is 19.1 Å². The highest BCUT2D eigenvalue weighted by atomic mass is 127. The van der Waals surface area contributed by atoms with Crippen molar-refractivity contribution in [2.75, 3.05) is 0 Å². The molecule has 5 heteroatoms. The highest BCUT2D eigenvalue weighted by molar-refractivity contribution is 14.0. The number of ether oxygens (including phenoxy) is 2. The highest BCUT2D eigenvalue weighted by Crippen LogP contribution is 2.18. The van der Waals surface area contributed by atoms with Gasteiger partial charge in [-0.05, 0) is 0 Å². The number of esters is 2. The zero-order chi connectivity index (χ0) is 9.78. The molecule has 0 N–H and O–H groups in total. The summed E-state index contributed by atoms with van der Waals surface area (Å²) in [5.74, 6) is -2.13. The first-order chi connectivity index (χ1) is 5.49. The van der Waals surface area contributed by atoms with Crippen molar-refractivity contribution in [2.24, 2.45) is 0 Å². The van der Waals surface area contributed by atoms with E-state index in [1.54, 1.807) is 0 Å². The van der Waals surface area contributed by atoms with Crippen LogP contribution in [0.1, 0.15) is 34.1 Å². The van der Waals surface area contributed by atoms with E-state index in [1.807, 2.05) is 13.8 Å². The van der Waals surface area contributed by atoms with Gasteiger partial charge in [-0.25, -0.2) is 0 Å². The lowest BCUT2D eigenvalue weighted by atomic mass is 10.3. The molecule has 0 unspecified atom stereocenters. The van der Waals surface area contributed by atoms with Gasteiger partial charge >= 0.3 is 11.9 Å². The van der Waals surface area contributed by atoms with Gasteiger partial charge < -0.3 is 9.47 Å². The van der Waals surface area contributed by atoms with Crippen LogP contribution in [-0.2, 0) is 19.1 Å². The van der Waals surface area contributed by atoms with Gasteiger partial charge in [0, 0.05) is 13.8 Å². The molecule has 0 bridgehead atoms. The van der Waals surface area contributed by atoms with Crippen LogP contribution in [0.25, 0.3) is 0 Å². The topological polar surface area (TPSA) is 52.6 Å². The van der Waals surface area contributed by atoms with Crippen LogP contribution < -0.4 is 0 Å². The summed E-state index contributed by atoms with van der Waals surface area (Å²) < 4.78 is 9.32. The van der Waals surface area contributed by atoms with Crippen molar-refractivity contribution in [3.63, 3.8) is 0 Å². The molecule has 1 fully saturated rings. The first-order valence-corrected chi connectivity index (χ1v) is 3.93. The van der Waals surface area contributed by atoms with E-state index in [2.05, 4.69) is 9.47 Å². The first kappa shape index (κ1) is 15.2. The van der Waals surface area contributed by atoms with Crippen LogP contribution in [0.15, 0.2) is 0 Å². The molecule has 1 saturated heterocycles. The van der Waals surface area contributed by atoms with Crippen molar-refractivity contribution in [3.8, 4) is 0 Å². The third-order valence-corrected chi connectivity index (χ3v) is 1.01. The minimum Gasteiger partial charge on any atom is -0.423 e. The number of rotatable bonds is 0. The van der Waals surface area contributed by atoms with Crippen molar-refractivity contribution in [2.45, 2.75) is 39.9 Å². The number of hydrogen-bond donors (Lipinski definition) is 0. The summed E-state index contributed by atoms with van der Waals surface area (Å²) in [6, 6.07) is 0. The van der Waals surface area contributed by atoms with Crippen LogP contribution >= 0.6 is 24.0 Å². The Balaban J connectivity index is 0. The Bertz CT molecular complexity index is 171. The summed E-state index contributed by atoms with van der Waals surface area (Å²) in [7, 11) is 0. The van der Waals surface area contributed by atoms with Crippen molar-refractivity contribution in [1.29, 1.82) is 0 Å². The Morgan fingerprint density at radius 1 is 1.08 bits per heavy atom. The fourth-order valence-electron chi connectivity index (χ4n) is 0.759. The number of cyclic esters (lactones) is 2. The number of hydrogen-bond acceptors (Lipinski definition) is 4. The van der Waals surface area contributed by atoms with Gasteiger partial charge in [0.1, 0.15) is 6.42 Å². The van der Waals surface area contributed by atoms with Crippen molar-refractivity contribution in [3.05, 3.63) is 0 Å². The predicted octanol–water partition coefficient (Wildman–Crippen LogP) is 1.86. The summed E-state index contributed by atoms with van der Waals surface area (Å²) in [5, 5.41) is 0. The lowest BCUT2D eigenvalue weighted by Crippen LogP contribution is -2.39. The number of carbonyl (C=O) groups excluding carboxylic acids is 2. The third-order valence-electron chi connectivity index (χ3n) is 1.01. The van der Waals surface area contributed by atoms with Crippen LogP contribution in [-0.4, -0.2) is 17.7 Å². The Kier molecular flexibility index (Phi) is 7.20. The van der Waals surface area contributed by atoms with Gasteiger partial charge in [0.15, 0.2) is 0 Å². The zero-order valence-electron chi connectivity index (χ0n) is 8.25. The van der Waals surface area contributed by atoms with Gasteiger partial charge in [-0.15, -0.1) is 24.0 Å². The van der Waals surface area contributed by atoms with Crippen LogP contribution in [0, 0.1) is 0 Å². The van der Waals surface area contributed by atoms with Crippen LogP contribution in [0.3, 0.4) is 0 Å². The van der Waals surface area contributed by atoms with Crippen LogP contribution in [0.2, 0.25) is 0 Å². The van der Waals surface area contributed by atoms with Crippen molar-refractivity contribution in [1.82, 2.24) is 0 Å².